The lowest BCUT2D eigenvalue weighted by atomic mass is 9.82. The minimum absolute atomic E-state index is 0.483. The maximum atomic E-state index is 8.89. The van der Waals surface area contributed by atoms with E-state index in [0.29, 0.717) is 18.1 Å². The highest BCUT2D eigenvalue weighted by Crippen LogP contribution is 2.41. The van der Waals surface area contributed by atoms with Crippen LogP contribution in [0.4, 0.5) is 0 Å². The Balaban J connectivity index is 1.25. The molecule has 1 N–H and O–H groups in total. The first-order chi connectivity index (χ1) is 13.8. The van der Waals surface area contributed by atoms with E-state index in [4.69, 9.17) is 10.00 Å². The third kappa shape index (κ3) is 3.05. The minimum atomic E-state index is 0.483. The number of ether oxygens (including phenoxy) is 1. The second kappa shape index (κ2) is 6.94. The van der Waals surface area contributed by atoms with E-state index in [1.54, 1.807) is 0 Å². The van der Waals surface area contributed by atoms with E-state index in [1.165, 1.54) is 23.4 Å². The lowest BCUT2D eigenvalue weighted by Crippen LogP contribution is -2.17. The van der Waals surface area contributed by atoms with Gasteiger partial charge in [-0.15, -0.1) is 0 Å². The van der Waals surface area contributed by atoms with Crippen LogP contribution in [0.1, 0.15) is 30.4 Å². The highest BCUT2D eigenvalue weighted by Gasteiger charge is 2.32. The van der Waals surface area contributed by atoms with Gasteiger partial charge in [0, 0.05) is 17.6 Å². The van der Waals surface area contributed by atoms with E-state index in [-0.39, 0.29) is 0 Å². The van der Waals surface area contributed by atoms with Crippen molar-refractivity contribution < 1.29 is 4.74 Å². The molecule has 4 nitrogen and oxygen atoms in total. The second-order valence-electron chi connectivity index (χ2n) is 7.42. The fourth-order valence-electron chi connectivity index (χ4n) is 4.04. The first-order valence-corrected chi connectivity index (χ1v) is 9.69. The van der Waals surface area contributed by atoms with Crippen molar-refractivity contribution >= 4 is 0 Å². The minimum Gasteiger partial charge on any atom is -0.489 e. The molecule has 4 heteroatoms. The summed E-state index contributed by atoms with van der Waals surface area (Å²) in [6, 6.07) is 9.63. The third-order valence-electron chi connectivity index (χ3n) is 5.69. The monoisotopic (exact) mass is 367 g/mol. The van der Waals surface area contributed by atoms with E-state index in [9.17, 15) is 0 Å². The molecule has 0 saturated carbocycles. The first kappa shape index (κ1) is 16.7. The largest absolute Gasteiger partial charge is 0.489 e. The highest BCUT2D eigenvalue weighted by molar-refractivity contribution is 5.43. The molecule has 0 aromatic heterocycles. The predicted octanol–water partition coefficient (Wildman–Crippen LogP) is 4.74. The third-order valence-corrected chi connectivity index (χ3v) is 5.69. The quantitative estimate of drug-likeness (QED) is 0.835. The van der Waals surface area contributed by atoms with Crippen molar-refractivity contribution in [3.8, 4) is 6.07 Å². The summed E-state index contributed by atoms with van der Waals surface area (Å²) < 4.78 is 5.96. The molecule has 0 bridgehead atoms. The molecule has 1 unspecified atom stereocenters. The molecule has 0 radical (unpaired) electrons. The van der Waals surface area contributed by atoms with Crippen LogP contribution in [0.2, 0.25) is 0 Å². The van der Waals surface area contributed by atoms with Gasteiger partial charge in [0.25, 0.3) is 0 Å². The van der Waals surface area contributed by atoms with E-state index in [0.717, 1.165) is 30.0 Å². The highest BCUT2D eigenvalue weighted by atomic mass is 16.5. The molecule has 2 aliphatic heterocycles. The molecule has 1 aromatic carbocycles. The molecule has 1 aromatic rings. The molecule has 0 spiro atoms. The van der Waals surface area contributed by atoms with Crippen molar-refractivity contribution in [1.29, 1.82) is 5.26 Å². The molecule has 138 valence electrons. The standard InChI is InChI=1S/C24H21N3O/c25-15-17-4-6-18(7-5-17)16-28-21-9-11-24-26-22-14-20(19-2-1-3-19)8-10-23(22)27(24)13-12-21/h1-7,9,11-13,20,26H,8,10,14,16H2. The van der Waals surface area contributed by atoms with Gasteiger partial charge in [-0.05, 0) is 66.7 Å². The first-order valence-electron chi connectivity index (χ1n) is 9.69. The fraction of sp³-hybridized carbons (Fsp3) is 0.208. The van der Waals surface area contributed by atoms with Gasteiger partial charge in [-0.2, -0.15) is 5.26 Å². The zero-order chi connectivity index (χ0) is 18.9. The van der Waals surface area contributed by atoms with Gasteiger partial charge in [-0.3, -0.25) is 0 Å². The average Bonchev–Trinajstić information content (AvgIpc) is 2.90. The van der Waals surface area contributed by atoms with Crippen molar-refractivity contribution in [2.75, 3.05) is 0 Å². The molecule has 28 heavy (non-hydrogen) atoms. The maximum Gasteiger partial charge on any atom is 0.121 e. The average molecular weight is 367 g/mol. The number of benzene rings is 1. The van der Waals surface area contributed by atoms with Crippen LogP contribution in [0.3, 0.4) is 0 Å². The smallest absolute Gasteiger partial charge is 0.121 e. The molecular weight excluding hydrogens is 346 g/mol. The molecule has 2 aliphatic carbocycles. The van der Waals surface area contributed by atoms with Gasteiger partial charge < -0.3 is 15.0 Å². The molecule has 0 amide bonds. The molecule has 4 aliphatic rings. The number of nitrogens with one attached hydrogen (secondary N) is 1. The summed E-state index contributed by atoms with van der Waals surface area (Å²) in [5, 5.41) is 12.5. The Kier molecular flexibility index (Phi) is 4.14. The number of nitrogens with zero attached hydrogens (tertiary/aromatic N) is 2. The van der Waals surface area contributed by atoms with Crippen LogP contribution in [0.25, 0.3) is 0 Å². The van der Waals surface area contributed by atoms with Gasteiger partial charge in [-0.25, -0.2) is 0 Å². The summed E-state index contributed by atoms with van der Waals surface area (Å²) in [6.45, 7) is 0.483. The van der Waals surface area contributed by atoms with E-state index in [2.05, 4.69) is 46.8 Å². The van der Waals surface area contributed by atoms with E-state index in [1.807, 2.05) is 36.4 Å². The van der Waals surface area contributed by atoms with Gasteiger partial charge in [0.05, 0.1) is 11.6 Å². The summed E-state index contributed by atoms with van der Waals surface area (Å²) in [7, 11) is 0. The van der Waals surface area contributed by atoms with Gasteiger partial charge in [0.15, 0.2) is 0 Å². The van der Waals surface area contributed by atoms with Crippen molar-refractivity contribution in [2.45, 2.75) is 25.9 Å². The van der Waals surface area contributed by atoms with Crippen molar-refractivity contribution in [3.63, 3.8) is 0 Å². The molecule has 0 saturated heterocycles. The Morgan fingerprint density at radius 1 is 1.14 bits per heavy atom. The van der Waals surface area contributed by atoms with E-state index >= 15 is 0 Å². The Morgan fingerprint density at radius 3 is 2.75 bits per heavy atom. The molecular formula is C24H21N3O. The Hall–Kier alpha value is -3.45. The summed E-state index contributed by atoms with van der Waals surface area (Å²) in [5.74, 6) is 2.57. The number of hydrogen-bond acceptors (Lipinski definition) is 4. The Bertz CT molecular complexity index is 1030. The molecule has 2 heterocycles. The van der Waals surface area contributed by atoms with Gasteiger partial charge in [0.1, 0.15) is 18.2 Å². The topological polar surface area (TPSA) is 48.3 Å². The number of fused-ring (bicyclic) bond motifs is 2. The summed E-state index contributed by atoms with van der Waals surface area (Å²) >= 11 is 0. The summed E-state index contributed by atoms with van der Waals surface area (Å²) in [5.41, 5.74) is 5.93. The van der Waals surface area contributed by atoms with Crippen molar-refractivity contribution in [1.82, 2.24) is 10.2 Å². The Morgan fingerprint density at radius 2 is 2.00 bits per heavy atom. The van der Waals surface area contributed by atoms with Gasteiger partial charge in [-0.1, -0.05) is 30.4 Å². The van der Waals surface area contributed by atoms with Crippen LogP contribution in [-0.2, 0) is 11.3 Å². The second-order valence-corrected chi connectivity index (χ2v) is 7.42. The fourth-order valence-corrected chi connectivity index (χ4v) is 4.04. The van der Waals surface area contributed by atoms with E-state index < -0.39 is 0 Å². The SMILES string of the molecule is N#Cc1ccc(COC2=CC=C3NC4=C(CCC(C5=CC=C5)C4)N3C=C2)cc1. The van der Waals surface area contributed by atoms with Crippen LogP contribution in [0, 0.1) is 17.2 Å². The van der Waals surface area contributed by atoms with Crippen molar-refractivity contribution in [2.24, 2.45) is 5.92 Å². The lowest BCUT2D eigenvalue weighted by Gasteiger charge is -2.27. The van der Waals surface area contributed by atoms with Gasteiger partial charge >= 0.3 is 0 Å². The van der Waals surface area contributed by atoms with Crippen LogP contribution in [-0.4, -0.2) is 4.90 Å². The molecule has 5 rings (SSSR count). The lowest BCUT2D eigenvalue weighted by molar-refractivity contribution is 0.211. The molecule has 1 atom stereocenters. The molecule has 0 fully saturated rings. The predicted molar refractivity (Wildman–Crippen MR) is 108 cm³/mol. The number of allylic oxidation sites excluding steroid dienone is 9. The number of nitriles is 1. The van der Waals surface area contributed by atoms with Crippen LogP contribution < -0.4 is 5.32 Å². The van der Waals surface area contributed by atoms with Gasteiger partial charge in [0.2, 0.25) is 0 Å². The van der Waals surface area contributed by atoms with Crippen LogP contribution in [0.5, 0.6) is 0 Å². The van der Waals surface area contributed by atoms with Crippen molar-refractivity contribution in [3.05, 3.63) is 107 Å². The number of rotatable bonds is 4. The number of hydrogen-bond donors (Lipinski definition) is 1. The van der Waals surface area contributed by atoms with Crippen LogP contribution >= 0.6 is 0 Å². The summed E-state index contributed by atoms with van der Waals surface area (Å²) in [4.78, 5) is 2.26. The normalized spacial score (nSPS) is 22.0. The maximum absolute atomic E-state index is 8.89. The zero-order valence-corrected chi connectivity index (χ0v) is 15.6. The van der Waals surface area contributed by atoms with Crippen LogP contribution in [0.15, 0.2) is 95.5 Å². The summed E-state index contributed by atoms with van der Waals surface area (Å²) in [6.07, 6.45) is 18.2. The Labute approximate surface area is 165 Å². The zero-order valence-electron chi connectivity index (χ0n) is 15.6.